The molecule has 3 N–H and O–H groups in total. The predicted molar refractivity (Wildman–Crippen MR) is 113 cm³/mol. The first-order valence-electron chi connectivity index (χ1n) is 9.06. The summed E-state index contributed by atoms with van der Waals surface area (Å²) in [5, 5.41) is 9.32. The van der Waals surface area contributed by atoms with Gasteiger partial charge in [0.05, 0.1) is 24.3 Å². The zero-order valence-electron chi connectivity index (χ0n) is 16.4. The third-order valence-corrected chi connectivity index (χ3v) is 5.01. The van der Waals surface area contributed by atoms with Crippen LogP contribution in [0.15, 0.2) is 77.3 Å². The summed E-state index contributed by atoms with van der Waals surface area (Å²) in [4.78, 5) is 25.3. The maximum Gasteiger partial charge on any atom is 0.336 e. The molecule has 1 unspecified atom stereocenters. The van der Waals surface area contributed by atoms with E-state index in [4.69, 9.17) is 16.3 Å². The zero-order chi connectivity index (χ0) is 21.0. The molecule has 1 heterocycles. The van der Waals surface area contributed by atoms with E-state index in [1.54, 1.807) is 25.1 Å². The molecule has 0 saturated carbocycles. The van der Waals surface area contributed by atoms with Gasteiger partial charge in [-0.25, -0.2) is 9.59 Å². The fourth-order valence-corrected chi connectivity index (χ4v) is 3.61. The van der Waals surface area contributed by atoms with Crippen LogP contribution in [0.1, 0.15) is 25.3 Å². The summed E-state index contributed by atoms with van der Waals surface area (Å²) in [6, 6.07) is 15.9. The molecule has 1 aliphatic rings. The van der Waals surface area contributed by atoms with Gasteiger partial charge in [0.1, 0.15) is 0 Å². The van der Waals surface area contributed by atoms with Gasteiger partial charge in [0.2, 0.25) is 0 Å². The molecule has 3 rings (SSSR count). The van der Waals surface area contributed by atoms with Crippen molar-refractivity contribution in [2.45, 2.75) is 19.8 Å². The molecule has 150 valence electrons. The summed E-state index contributed by atoms with van der Waals surface area (Å²) in [6.45, 7) is 3.62. The van der Waals surface area contributed by atoms with Crippen LogP contribution < -0.4 is 16.0 Å². The highest BCUT2D eigenvalue weighted by molar-refractivity contribution is 6.31. The third kappa shape index (κ3) is 4.43. The number of hydrogen-bond donors (Lipinski definition) is 3. The van der Waals surface area contributed by atoms with Crippen LogP contribution in [0.5, 0.6) is 0 Å². The van der Waals surface area contributed by atoms with Gasteiger partial charge in [-0.15, -0.1) is 0 Å². The average molecular weight is 412 g/mol. The first kappa shape index (κ1) is 20.5. The molecule has 0 radical (unpaired) electrons. The van der Waals surface area contributed by atoms with E-state index in [0.717, 1.165) is 0 Å². The minimum absolute atomic E-state index is 0.390. The molecule has 29 heavy (non-hydrogen) atoms. The summed E-state index contributed by atoms with van der Waals surface area (Å²) in [7, 11) is 1.33. The number of amides is 2. The molecule has 2 amide bonds. The molecule has 1 atom stereocenters. The Labute approximate surface area is 174 Å². The van der Waals surface area contributed by atoms with Crippen molar-refractivity contribution in [3.05, 3.63) is 87.8 Å². The Hall–Kier alpha value is -3.25. The predicted octanol–water partition coefficient (Wildman–Crippen LogP) is 4.53. The number of ether oxygens (including phenoxy) is 1. The highest BCUT2D eigenvalue weighted by Gasteiger charge is 2.35. The summed E-state index contributed by atoms with van der Waals surface area (Å²) in [6.07, 6.45) is 0. The number of halogens is 1. The van der Waals surface area contributed by atoms with Crippen LogP contribution in [0.3, 0.4) is 0 Å². The van der Waals surface area contributed by atoms with Crippen LogP contribution in [0.4, 0.5) is 10.5 Å². The van der Waals surface area contributed by atoms with Gasteiger partial charge in [-0.3, -0.25) is 0 Å². The highest BCUT2D eigenvalue weighted by atomic mass is 35.5. The lowest BCUT2D eigenvalue weighted by Crippen LogP contribution is -2.38. The summed E-state index contributed by atoms with van der Waals surface area (Å²) in [5.74, 6) is -1.07. The minimum atomic E-state index is -0.584. The molecule has 0 aliphatic carbocycles. The van der Waals surface area contributed by atoms with Crippen LogP contribution >= 0.6 is 11.6 Å². The topological polar surface area (TPSA) is 79.5 Å². The Morgan fingerprint density at radius 1 is 0.966 bits per heavy atom. The van der Waals surface area contributed by atoms with E-state index in [2.05, 4.69) is 16.0 Å². The van der Waals surface area contributed by atoms with Gasteiger partial charge in [0.25, 0.3) is 0 Å². The lowest BCUT2D eigenvalue weighted by molar-refractivity contribution is -0.136. The maximum atomic E-state index is 12.7. The van der Waals surface area contributed by atoms with Crippen molar-refractivity contribution in [3.8, 4) is 0 Å². The van der Waals surface area contributed by atoms with Crippen LogP contribution in [0.25, 0.3) is 0 Å². The number of esters is 1. The molecular formula is C22H22ClN3O3. The van der Waals surface area contributed by atoms with Crippen molar-refractivity contribution < 1.29 is 14.3 Å². The fraction of sp³-hybridized carbons (Fsp3) is 0.182. The lowest BCUT2D eigenvalue weighted by Gasteiger charge is -2.32. The number of nitrogens with one attached hydrogen (secondary N) is 3. The van der Waals surface area contributed by atoms with Gasteiger partial charge in [-0.2, -0.15) is 0 Å². The molecule has 0 fully saturated rings. The largest absolute Gasteiger partial charge is 0.466 e. The van der Waals surface area contributed by atoms with Gasteiger partial charge < -0.3 is 20.7 Å². The monoisotopic (exact) mass is 411 g/mol. The number of carbonyl (C=O) groups is 2. The number of hydrogen-bond acceptors (Lipinski definition) is 4. The Bertz CT molecular complexity index is 999. The van der Waals surface area contributed by atoms with Gasteiger partial charge in [0, 0.05) is 22.1 Å². The van der Waals surface area contributed by atoms with Crippen LogP contribution in [0.2, 0.25) is 5.02 Å². The second-order valence-electron chi connectivity index (χ2n) is 6.59. The van der Waals surface area contributed by atoms with Crippen molar-refractivity contribution >= 4 is 29.3 Å². The van der Waals surface area contributed by atoms with E-state index in [1.165, 1.54) is 7.11 Å². The standard InChI is InChI=1S/C22H22ClN3O3/c1-13-18(21(27)29-3)19(16-11-7-8-12-17(16)23)20(14(2)24-13)26-22(28)25-15-9-5-4-6-10-15/h4-12,19,24H,1-3H3,(H2,25,26,28). The molecular weight excluding hydrogens is 390 g/mol. The lowest BCUT2D eigenvalue weighted by atomic mass is 9.84. The Balaban J connectivity index is 2.01. The Morgan fingerprint density at radius 2 is 1.62 bits per heavy atom. The van der Waals surface area contributed by atoms with E-state index in [1.807, 2.05) is 43.3 Å². The van der Waals surface area contributed by atoms with E-state index in [0.29, 0.717) is 38.9 Å². The molecule has 6 nitrogen and oxygen atoms in total. The van der Waals surface area contributed by atoms with Gasteiger partial charge in [0.15, 0.2) is 0 Å². The van der Waals surface area contributed by atoms with Crippen molar-refractivity contribution in [3.63, 3.8) is 0 Å². The number of methoxy groups -OCH3 is 1. The number of rotatable bonds is 4. The van der Waals surface area contributed by atoms with E-state index >= 15 is 0 Å². The average Bonchev–Trinajstić information content (AvgIpc) is 2.70. The van der Waals surface area contributed by atoms with Gasteiger partial charge in [-0.1, -0.05) is 48.0 Å². The smallest absolute Gasteiger partial charge is 0.336 e. The molecule has 1 aliphatic heterocycles. The Morgan fingerprint density at radius 3 is 2.28 bits per heavy atom. The second-order valence-corrected chi connectivity index (χ2v) is 7.00. The number of carbonyl (C=O) groups excluding carboxylic acids is 2. The quantitative estimate of drug-likeness (QED) is 0.646. The van der Waals surface area contributed by atoms with E-state index in [9.17, 15) is 9.59 Å². The molecule has 7 heteroatoms. The molecule has 0 aromatic heterocycles. The Kier molecular flexibility index (Phi) is 6.24. The first-order valence-corrected chi connectivity index (χ1v) is 9.44. The van der Waals surface area contributed by atoms with Crippen LogP contribution in [-0.2, 0) is 9.53 Å². The third-order valence-electron chi connectivity index (χ3n) is 4.66. The minimum Gasteiger partial charge on any atom is -0.466 e. The number of urea groups is 1. The normalized spacial score (nSPS) is 16.2. The van der Waals surface area contributed by atoms with E-state index < -0.39 is 17.9 Å². The summed E-state index contributed by atoms with van der Waals surface area (Å²) >= 11 is 6.45. The molecule has 0 spiro atoms. The van der Waals surface area contributed by atoms with Crippen LogP contribution in [-0.4, -0.2) is 19.1 Å². The van der Waals surface area contributed by atoms with Crippen molar-refractivity contribution in [2.75, 3.05) is 12.4 Å². The van der Waals surface area contributed by atoms with Gasteiger partial charge >= 0.3 is 12.0 Å². The van der Waals surface area contributed by atoms with E-state index in [-0.39, 0.29) is 0 Å². The number of para-hydroxylation sites is 1. The second kappa shape index (κ2) is 8.84. The summed E-state index contributed by atoms with van der Waals surface area (Å²) in [5.41, 5.74) is 3.63. The number of dihydropyridines is 1. The SMILES string of the molecule is COC(=O)C1=C(C)NC(C)=C(NC(=O)Nc2ccccc2)C1c1ccccc1Cl. The molecule has 2 aromatic carbocycles. The zero-order valence-corrected chi connectivity index (χ0v) is 17.1. The fourth-order valence-electron chi connectivity index (χ4n) is 3.37. The molecule has 0 saturated heterocycles. The summed E-state index contributed by atoms with van der Waals surface area (Å²) < 4.78 is 5.01. The van der Waals surface area contributed by atoms with Crippen LogP contribution in [0, 0.1) is 0 Å². The first-order chi connectivity index (χ1) is 13.9. The maximum absolute atomic E-state index is 12.7. The number of anilines is 1. The molecule has 0 bridgehead atoms. The number of benzene rings is 2. The number of allylic oxidation sites excluding steroid dienone is 3. The van der Waals surface area contributed by atoms with Crippen molar-refractivity contribution in [1.82, 2.24) is 10.6 Å². The van der Waals surface area contributed by atoms with Crippen molar-refractivity contribution in [1.29, 1.82) is 0 Å². The highest BCUT2D eigenvalue weighted by Crippen LogP contribution is 2.40. The van der Waals surface area contributed by atoms with Gasteiger partial charge in [-0.05, 0) is 37.6 Å². The molecule has 2 aromatic rings. The van der Waals surface area contributed by atoms with Crippen molar-refractivity contribution in [2.24, 2.45) is 0 Å².